The molecule has 1 aromatic rings. The van der Waals surface area contributed by atoms with E-state index in [1.54, 1.807) is 11.8 Å². The second-order valence-corrected chi connectivity index (χ2v) is 5.45. The van der Waals surface area contributed by atoms with Gasteiger partial charge in [-0.2, -0.15) is 0 Å². The molecular formula is C16H21NO4. The summed E-state index contributed by atoms with van der Waals surface area (Å²) in [5, 5.41) is 9.07. The van der Waals surface area contributed by atoms with Gasteiger partial charge in [-0.1, -0.05) is 37.3 Å². The molecule has 5 heteroatoms. The summed E-state index contributed by atoms with van der Waals surface area (Å²) < 4.78 is 5.44. The minimum Gasteiger partial charge on any atom is -0.481 e. The summed E-state index contributed by atoms with van der Waals surface area (Å²) in [6, 6.07) is 9.59. The molecule has 1 aliphatic heterocycles. The molecule has 0 radical (unpaired) electrons. The van der Waals surface area contributed by atoms with Crippen LogP contribution in [0.5, 0.6) is 0 Å². The van der Waals surface area contributed by atoms with Crippen molar-refractivity contribution in [3.63, 3.8) is 0 Å². The van der Waals surface area contributed by atoms with Crippen LogP contribution in [0.15, 0.2) is 30.3 Å². The maximum absolute atomic E-state index is 12.5. The Morgan fingerprint density at radius 1 is 1.38 bits per heavy atom. The maximum atomic E-state index is 12.5. The highest BCUT2D eigenvalue weighted by molar-refractivity contribution is 5.82. The normalized spacial score (nSPS) is 19.2. The third-order valence-corrected chi connectivity index (χ3v) is 3.65. The van der Waals surface area contributed by atoms with E-state index in [1.807, 2.05) is 30.3 Å². The van der Waals surface area contributed by atoms with E-state index < -0.39 is 18.0 Å². The first-order valence-corrected chi connectivity index (χ1v) is 7.25. The third-order valence-electron chi connectivity index (χ3n) is 3.65. The predicted octanol–water partition coefficient (Wildman–Crippen LogP) is 1.91. The molecule has 0 bridgehead atoms. The molecule has 1 heterocycles. The van der Waals surface area contributed by atoms with Crippen molar-refractivity contribution in [2.24, 2.45) is 5.92 Å². The van der Waals surface area contributed by atoms with Gasteiger partial charge in [0.15, 0.2) is 0 Å². The Labute approximate surface area is 124 Å². The van der Waals surface area contributed by atoms with Gasteiger partial charge in [-0.3, -0.25) is 9.59 Å². The second kappa shape index (κ2) is 7.22. The third kappa shape index (κ3) is 4.29. The van der Waals surface area contributed by atoms with Crippen molar-refractivity contribution >= 4 is 11.9 Å². The number of rotatable bonds is 6. The Morgan fingerprint density at radius 2 is 2.10 bits per heavy atom. The lowest BCUT2D eigenvalue weighted by atomic mass is 10.1. The number of carbonyl (C=O) groups excluding carboxylic acids is 1. The summed E-state index contributed by atoms with van der Waals surface area (Å²) in [5.74, 6) is -1.60. The molecule has 21 heavy (non-hydrogen) atoms. The van der Waals surface area contributed by atoms with E-state index in [2.05, 4.69) is 0 Å². The fourth-order valence-electron chi connectivity index (χ4n) is 2.42. The van der Waals surface area contributed by atoms with E-state index in [-0.39, 0.29) is 12.5 Å². The molecule has 1 amide bonds. The van der Waals surface area contributed by atoms with Crippen LogP contribution in [0.25, 0.3) is 0 Å². The van der Waals surface area contributed by atoms with Crippen LogP contribution in [0.3, 0.4) is 0 Å². The SMILES string of the molecule is C[C@@H](CN(Cc1ccccc1)C(=O)[C@@H]1CCCO1)C(=O)O. The largest absolute Gasteiger partial charge is 0.481 e. The lowest BCUT2D eigenvalue weighted by Gasteiger charge is -2.27. The first-order valence-electron chi connectivity index (χ1n) is 7.25. The number of carboxylic acid groups (broad SMARTS) is 1. The maximum Gasteiger partial charge on any atom is 0.308 e. The van der Waals surface area contributed by atoms with Crippen LogP contribution in [0.1, 0.15) is 25.3 Å². The Morgan fingerprint density at radius 3 is 2.67 bits per heavy atom. The van der Waals surface area contributed by atoms with Gasteiger partial charge < -0.3 is 14.7 Å². The van der Waals surface area contributed by atoms with Crippen LogP contribution in [0.4, 0.5) is 0 Å². The molecule has 0 unspecified atom stereocenters. The van der Waals surface area contributed by atoms with Crippen LogP contribution >= 0.6 is 0 Å². The molecule has 0 aromatic heterocycles. The van der Waals surface area contributed by atoms with Gasteiger partial charge in [0.25, 0.3) is 5.91 Å². The standard InChI is InChI=1S/C16H21NO4/c1-12(16(19)20)10-17(11-13-6-3-2-4-7-13)15(18)14-8-5-9-21-14/h2-4,6-7,12,14H,5,8-11H2,1H3,(H,19,20)/t12-,14-/m0/s1. The number of aliphatic carboxylic acids is 1. The summed E-state index contributed by atoms with van der Waals surface area (Å²) in [5.41, 5.74) is 0.987. The van der Waals surface area contributed by atoms with Crippen molar-refractivity contribution in [2.75, 3.05) is 13.2 Å². The summed E-state index contributed by atoms with van der Waals surface area (Å²) >= 11 is 0. The van der Waals surface area contributed by atoms with Crippen molar-refractivity contribution in [2.45, 2.75) is 32.4 Å². The summed E-state index contributed by atoms with van der Waals surface area (Å²) in [6.07, 6.45) is 1.17. The minimum atomic E-state index is -0.895. The van der Waals surface area contributed by atoms with Gasteiger partial charge in [0.05, 0.1) is 5.92 Å². The van der Waals surface area contributed by atoms with E-state index in [0.29, 0.717) is 19.6 Å². The van der Waals surface area contributed by atoms with Crippen LogP contribution in [0.2, 0.25) is 0 Å². The number of hydrogen-bond acceptors (Lipinski definition) is 3. The number of amides is 1. The van der Waals surface area contributed by atoms with Crippen molar-refractivity contribution in [3.8, 4) is 0 Å². The molecule has 114 valence electrons. The number of hydrogen-bond donors (Lipinski definition) is 1. The molecule has 1 N–H and O–H groups in total. The average molecular weight is 291 g/mol. The lowest BCUT2D eigenvalue weighted by Crippen LogP contribution is -2.42. The Bertz CT molecular complexity index is 482. The zero-order chi connectivity index (χ0) is 15.2. The van der Waals surface area contributed by atoms with Gasteiger partial charge in [-0.15, -0.1) is 0 Å². The molecule has 0 aliphatic carbocycles. The highest BCUT2D eigenvalue weighted by atomic mass is 16.5. The van der Waals surface area contributed by atoms with Gasteiger partial charge in [-0.25, -0.2) is 0 Å². The number of benzene rings is 1. The smallest absolute Gasteiger partial charge is 0.308 e. The molecule has 1 aromatic carbocycles. The van der Waals surface area contributed by atoms with Crippen molar-refractivity contribution in [3.05, 3.63) is 35.9 Å². The minimum absolute atomic E-state index is 0.107. The van der Waals surface area contributed by atoms with Crippen LogP contribution < -0.4 is 0 Å². The van der Waals surface area contributed by atoms with Crippen molar-refractivity contribution < 1.29 is 19.4 Å². The first-order chi connectivity index (χ1) is 10.1. The van der Waals surface area contributed by atoms with Gasteiger partial charge in [0, 0.05) is 19.7 Å². The Balaban J connectivity index is 2.09. The first kappa shape index (κ1) is 15.5. The fraction of sp³-hybridized carbons (Fsp3) is 0.500. The molecule has 5 nitrogen and oxygen atoms in total. The fourth-order valence-corrected chi connectivity index (χ4v) is 2.42. The van der Waals surface area contributed by atoms with Gasteiger partial charge >= 0.3 is 5.97 Å². The molecule has 0 spiro atoms. The van der Waals surface area contributed by atoms with Gasteiger partial charge in [0.2, 0.25) is 0 Å². The van der Waals surface area contributed by atoms with Crippen LogP contribution in [-0.2, 0) is 20.9 Å². The number of carbonyl (C=O) groups is 2. The highest BCUT2D eigenvalue weighted by Crippen LogP contribution is 2.17. The van der Waals surface area contributed by atoms with E-state index in [9.17, 15) is 9.59 Å². The molecule has 2 atom stereocenters. The number of nitrogens with zero attached hydrogens (tertiary/aromatic N) is 1. The van der Waals surface area contributed by atoms with Crippen molar-refractivity contribution in [1.82, 2.24) is 4.90 Å². The topological polar surface area (TPSA) is 66.8 Å². The second-order valence-electron chi connectivity index (χ2n) is 5.45. The zero-order valence-electron chi connectivity index (χ0n) is 12.2. The van der Waals surface area contributed by atoms with Gasteiger partial charge in [0.1, 0.15) is 6.10 Å². The van der Waals surface area contributed by atoms with E-state index >= 15 is 0 Å². The molecule has 1 aliphatic rings. The van der Waals surface area contributed by atoms with Crippen molar-refractivity contribution in [1.29, 1.82) is 0 Å². The summed E-state index contributed by atoms with van der Waals surface area (Å²) in [7, 11) is 0. The Hall–Kier alpha value is -1.88. The molecule has 1 saturated heterocycles. The van der Waals surface area contributed by atoms with E-state index in [0.717, 1.165) is 12.0 Å². The molecular weight excluding hydrogens is 270 g/mol. The zero-order valence-corrected chi connectivity index (χ0v) is 12.2. The van der Waals surface area contributed by atoms with E-state index in [4.69, 9.17) is 9.84 Å². The highest BCUT2D eigenvalue weighted by Gasteiger charge is 2.30. The molecule has 1 fully saturated rings. The predicted molar refractivity (Wildman–Crippen MR) is 77.6 cm³/mol. The van der Waals surface area contributed by atoms with Crippen LogP contribution in [0, 0.1) is 5.92 Å². The number of carboxylic acids is 1. The summed E-state index contributed by atoms with van der Waals surface area (Å²) in [4.78, 5) is 25.2. The molecule has 0 saturated carbocycles. The quantitative estimate of drug-likeness (QED) is 0.869. The Kier molecular flexibility index (Phi) is 5.33. The summed E-state index contributed by atoms with van der Waals surface area (Å²) in [6.45, 7) is 2.83. The number of ether oxygens (including phenoxy) is 1. The van der Waals surface area contributed by atoms with E-state index in [1.165, 1.54) is 0 Å². The molecule has 2 rings (SSSR count). The lowest BCUT2D eigenvalue weighted by molar-refractivity contribution is -0.146. The average Bonchev–Trinajstić information content (AvgIpc) is 3.01. The monoisotopic (exact) mass is 291 g/mol. The van der Waals surface area contributed by atoms with Crippen LogP contribution in [-0.4, -0.2) is 41.1 Å². The van der Waals surface area contributed by atoms with Gasteiger partial charge in [-0.05, 0) is 18.4 Å².